The van der Waals surface area contributed by atoms with E-state index in [-0.39, 0.29) is 23.4 Å². The second-order valence-electron chi connectivity index (χ2n) is 9.40. The average molecular weight is 308 g/mol. The van der Waals surface area contributed by atoms with Crippen LogP contribution in [0.4, 0.5) is 0 Å². The van der Waals surface area contributed by atoms with E-state index in [2.05, 4.69) is 13.8 Å². The normalized spacial score (nSPS) is 61.2. The average Bonchev–Trinajstić information content (AvgIpc) is 2.88. The molecule has 4 fully saturated rings. The molecule has 4 rings (SSSR count). The van der Waals surface area contributed by atoms with Crippen LogP contribution < -0.4 is 0 Å². The highest BCUT2D eigenvalue weighted by molar-refractivity contribution is 5.12. The lowest BCUT2D eigenvalue weighted by molar-refractivity contribution is -0.219. The van der Waals surface area contributed by atoms with E-state index in [1.165, 1.54) is 32.1 Å². The third-order valence-corrected chi connectivity index (χ3v) is 8.51. The van der Waals surface area contributed by atoms with Crippen molar-refractivity contribution in [1.29, 1.82) is 0 Å². The van der Waals surface area contributed by atoms with Gasteiger partial charge in [0.15, 0.2) is 0 Å². The number of rotatable bonds is 0. The summed E-state index contributed by atoms with van der Waals surface area (Å²) in [6, 6.07) is 0. The number of hydrogen-bond acceptors (Lipinski definition) is 3. The Morgan fingerprint density at radius 2 is 1.55 bits per heavy atom. The minimum atomic E-state index is -0.649. The zero-order valence-electron chi connectivity index (χ0n) is 14.0. The van der Waals surface area contributed by atoms with Gasteiger partial charge in [-0.05, 0) is 79.4 Å². The van der Waals surface area contributed by atoms with Crippen LogP contribution in [0.5, 0.6) is 0 Å². The van der Waals surface area contributed by atoms with Crippen LogP contribution in [0.1, 0.15) is 65.2 Å². The van der Waals surface area contributed by atoms with Crippen molar-refractivity contribution in [3.8, 4) is 0 Å². The lowest BCUT2D eigenvalue weighted by atomic mass is 9.44. The Morgan fingerprint density at radius 3 is 2.32 bits per heavy atom. The summed E-state index contributed by atoms with van der Waals surface area (Å²) < 4.78 is 0. The van der Waals surface area contributed by atoms with E-state index in [4.69, 9.17) is 0 Å². The highest BCUT2D eigenvalue weighted by Gasteiger charge is 2.63. The molecule has 0 saturated heterocycles. The third kappa shape index (κ3) is 1.91. The van der Waals surface area contributed by atoms with Gasteiger partial charge in [-0.15, -0.1) is 0 Å². The molecule has 3 N–H and O–H groups in total. The molecule has 0 amide bonds. The fourth-order valence-electron chi connectivity index (χ4n) is 7.23. The lowest BCUT2D eigenvalue weighted by Crippen LogP contribution is -2.63. The van der Waals surface area contributed by atoms with Crippen molar-refractivity contribution in [2.24, 2.45) is 34.5 Å². The monoisotopic (exact) mass is 308 g/mol. The zero-order valence-corrected chi connectivity index (χ0v) is 14.0. The number of fused-ring (bicyclic) bond motifs is 5. The van der Waals surface area contributed by atoms with Gasteiger partial charge < -0.3 is 15.3 Å². The van der Waals surface area contributed by atoms with Gasteiger partial charge in [0.05, 0.1) is 18.3 Å². The second-order valence-corrected chi connectivity index (χ2v) is 9.40. The predicted octanol–water partition coefficient (Wildman–Crippen LogP) is 2.72. The molecule has 4 saturated carbocycles. The smallest absolute Gasteiger partial charge is 0.0836 e. The summed E-state index contributed by atoms with van der Waals surface area (Å²) in [5, 5.41) is 31.8. The van der Waals surface area contributed by atoms with Gasteiger partial charge in [-0.25, -0.2) is 0 Å². The molecule has 3 nitrogen and oxygen atoms in total. The van der Waals surface area contributed by atoms with Gasteiger partial charge in [0.2, 0.25) is 0 Å². The summed E-state index contributed by atoms with van der Waals surface area (Å²) in [5.41, 5.74) is 0.492. The maximum atomic E-state index is 10.9. The van der Waals surface area contributed by atoms with Crippen LogP contribution in [-0.4, -0.2) is 33.6 Å². The molecular formula is C19H32O3. The summed E-state index contributed by atoms with van der Waals surface area (Å²) in [7, 11) is 0. The van der Waals surface area contributed by atoms with E-state index in [1.54, 1.807) is 0 Å². The summed E-state index contributed by atoms with van der Waals surface area (Å²) in [6.45, 7) is 4.76. The standard InChI is InChI=1S/C19H32O3/c1-18-7-3-4-12(18)15-13(6-8-18)19(2)9-5-11(20)10-14(19)16(21)17(15)22/h11-17,20-22H,3-10H2,1-2H3/t11-,12?,13?,14?,15?,16+,17+,18-,19+/m0/s1. The summed E-state index contributed by atoms with van der Waals surface area (Å²) >= 11 is 0. The van der Waals surface area contributed by atoms with Crippen LogP contribution in [0.25, 0.3) is 0 Å². The van der Waals surface area contributed by atoms with Crippen LogP contribution >= 0.6 is 0 Å². The van der Waals surface area contributed by atoms with Gasteiger partial charge in [-0.3, -0.25) is 0 Å². The topological polar surface area (TPSA) is 60.7 Å². The molecular weight excluding hydrogens is 276 g/mol. The van der Waals surface area contributed by atoms with E-state index in [1.807, 2.05) is 0 Å². The molecule has 9 atom stereocenters. The van der Waals surface area contributed by atoms with Crippen LogP contribution in [-0.2, 0) is 0 Å². The van der Waals surface area contributed by atoms with E-state index in [0.717, 1.165) is 12.8 Å². The zero-order chi connectivity index (χ0) is 15.7. The van der Waals surface area contributed by atoms with Crippen molar-refractivity contribution in [3.63, 3.8) is 0 Å². The van der Waals surface area contributed by atoms with Crippen molar-refractivity contribution in [1.82, 2.24) is 0 Å². The van der Waals surface area contributed by atoms with Crippen LogP contribution in [0, 0.1) is 34.5 Å². The maximum Gasteiger partial charge on any atom is 0.0836 e. The first kappa shape index (κ1) is 15.4. The van der Waals surface area contributed by atoms with E-state index in [0.29, 0.717) is 23.7 Å². The summed E-state index contributed by atoms with van der Waals surface area (Å²) in [5.74, 6) is 1.45. The van der Waals surface area contributed by atoms with Gasteiger partial charge in [0, 0.05) is 0 Å². The number of aliphatic hydroxyl groups is 3. The molecule has 22 heavy (non-hydrogen) atoms. The summed E-state index contributed by atoms with van der Waals surface area (Å²) in [4.78, 5) is 0. The van der Waals surface area contributed by atoms with Gasteiger partial charge in [-0.2, -0.15) is 0 Å². The minimum absolute atomic E-state index is 0.0678. The maximum absolute atomic E-state index is 10.9. The summed E-state index contributed by atoms with van der Waals surface area (Å²) in [6.07, 6.45) is 7.29. The molecule has 4 unspecified atom stereocenters. The number of hydrogen-bond donors (Lipinski definition) is 3. The fraction of sp³-hybridized carbons (Fsp3) is 1.00. The first-order valence-electron chi connectivity index (χ1n) is 9.41. The first-order valence-corrected chi connectivity index (χ1v) is 9.41. The second kappa shape index (κ2) is 4.94. The van der Waals surface area contributed by atoms with Crippen LogP contribution in [0.2, 0.25) is 0 Å². The van der Waals surface area contributed by atoms with Gasteiger partial charge in [0.1, 0.15) is 0 Å². The van der Waals surface area contributed by atoms with Crippen molar-refractivity contribution >= 4 is 0 Å². The molecule has 126 valence electrons. The van der Waals surface area contributed by atoms with E-state index in [9.17, 15) is 15.3 Å². The van der Waals surface area contributed by atoms with Crippen molar-refractivity contribution in [2.75, 3.05) is 0 Å². The van der Waals surface area contributed by atoms with Gasteiger partial charge >= 0.3 is 0 Å². The Bertz CT molecular complexity index is 452. The molecule has 4 aliphatic carbocycles. The van der Waals surface area contributed by atoms with Crippen molar-refractivity contribution in [3.05, 3.63) is 0 Å². The molecule has 0 heterocycles. The minimum Gasteiger partial charge on any atom is -0.393 e. The quantitative estimate of drug-likeness (QED) is 0.645. The number of aliphatic hydroxyl groups excluding tert-OH is 3. The Balaban J connectivity index is 1.71. The largest absolute Gasteiger partial charge is 0.393 e. The van der Waals surface area contributed by atoms with Crippen LogP contribution in [0.15, 0.2) is 0 Å². The van der Waals surface area contributed by atoms with Crippen LogP contribution in [0.3, 0.4) is 0 Å². The Hall–Kier alpha value is -0.120. The van der Waals surface area contributed by atoms with E-state index < -0.39 is 12.2 Å². The first-order chi connectivity index (χ1) is 10.4. The Morgan fingerprint density at radius 1 is 0.773 bits per heavy atom. The van der Waals surface area contributed by atoms with E-state index >= 15 is 0 Å². The predicted molar refractivity (Wildman–Crippen MR) is 85.1 cm³/mol. The lowest BCUT2D eigenvalue weighted by Gasteiger charge is -2.63. The molecule has 0 bridgehead atoms. The van der Waals surface area contributed by atoms with Gasteiger partial charge in [0.25, 0.3) is 0 Å². The van der Waals surface area contributed by atoms with Crippen molar-refractivity contribution in [2.45, 2.75) is 83.5 Å². The molecule has 4 aliphatic rings. The molecule has 0 spiro atoms. The molecule has 0 aromatic carbocycles. The molecule has 3 heteroatoms. The molecule has 0 radical (unpaired) electrons. The Labute approximate surface area is 134 Å². The highest BCUT2D eigenvalue weighted by Crippen LogP contribution is 2.66. The third-order valence-electron chi connectivity index (χ3n) is 8.51. The Kier molecular flexibility index (Phi) is 3.46. The van der Waals surface area contributed by atoms with Crippen molar-refractivity contribution < 1.29 is 15.3 Å². The van der Waals surface area contributed by atoms with Gasteiger partial charge in [-0.1, -0.05) is 20.3 Å². The molecule has 0 aromatic rings. The SMILES string of the molecule is C[C@@]12CCCC1C1C(CC2)[C@@]2(C)CC[C@H](O)CC2[C@@H](O)[C@@H]1O. The fourth-order valence-corrected chi connectivity index (χ4v) is 7.23. The highest BCUT2D eigenvalue weighted by atomic mass is 16.3. The molecule has 0 aromatic heterocycles. The molecule has 0 aliphatic heterocycles.